The molecule has 8 heteroatoms. The van der Waals surface area contributed by atoms with Crippen molar-refractivity contribution in [1.29, 1.82) is 0 Å². The number of hydrogen-bond donors (Lipinski definition) is 0. The summed E-state index contributed by atoms with van der Waals surface area (Å²) in [5, 5.41) is 4.42. The Morgan fingerprint density at radius 2 is 1.91 bits per heavy atom. The highest BCUT2D eigenvalue weighted by atomic mass is 19.1. The Labute approximate surface area is 203 Å². The summed E-state index contributed by atoms with van der Waals surface area (Å²) >= 11 is 0. The van der Waals surface area contributed by atoms with Gasteiger partial charge >= 0.3 is 0 Å². The second kappa shape index (κ2) is 9.17. The van der Waals surface area contributed by atoms with Crippen LogP contribution in [0.1, 0.15) is 48.3 Å². The Hall–Kier alpha value is -3.68. The molecule has 0 aliphatic carbocycles. The molecule has 3 aromatic rings. The van der Waals surface area contributed by atoms with Crippen LogP contribution in [0.4, 0.5) is 8.78 Å². The molecule has 1 fully saturated rings. The average molecular weight is 479 g/mol. The first-order valence-electron chi connectivity index (χ1n) is 11.7. The minimum atomic E-state index is -0.576. The van der Waals surface area contributed by atoms with E-state index in [4.69, 9.17) is 9.57 Å². The predicted molar refractivity (Wildman–Crippen MR) is 131 cm³/mol. The summed E-state index contributed by atoms with van der Waals surface area (Å²) in [6, 6.07) is 8.59. The van der Waals surface area contributed by atoms with Crippen molar-refractivity contribution in [2.45, 2.75) is 45.8 Å². The molecule has 2 aromatic carbocycles. The number of amidine groups is 1. The van der Waals surface area contributed by atoms with Crippen molar-refractivity contribution in [3.05, 3.63) is 82.4 Å². The number of fused-ring (bicyclic) bond motifs is 1. The Morgan fingerprint density at radius 1 is 1.14 bits per heavy atom. The third kappa shape index (κ3) is 4.29. The van der Waals surface area contributed by atoms with E-state index in [2.05, 4.69) is 21.1 Å². The number of benzene rings is 2. The van der Waals surface area contributed by atoms with Gasteiger partial charge in [0, 0.05) is 23.9 Å². The maximum Gasteiger partial charge on any atom is 0.172 e. The maximum absolute atomic E-state index is 14.2. The minimum Gasteiger partial charge on any atom is -0.495 e. The van der Waals surface area contributed by atoms with Crippen molar-refractivity contribution in [3.8, 4) is 11.4 Å². The molecule has 35 heavy (non-hydrogen) atoms. The van der Waals surface area contributed by atoms with Gasteiger partial charge in [-0.05, 0) is 75.1 Å². The summed E-state index contributed by atoms with van der Waals surface area (Å²) in [6.45, 7) is 6.18. The van der Waals surface area contributed by atoms with Crippen LogP contribution in [0.3, 0.4) is 0 Å². The van der Waals surface area contributed by atoms with Crippen molar-refractivity contribution < 1.29 is 18.4 Å². The van der Waals surface area contributed by atoms with E-state index >= 15 is 0 Å². The zero-order valence-electron chi connectivity index (χ0n) is 20.3. The molecular weight excluding hydrogens is 450 g/mol. The lowest BCUT2D eigenvalue weighted by Gasteiger charge is -2.42. The van der Waals surface area contributed by atoms with Crippen LogP contribution in [0.15, 0.2) is 53.6 Å². The lowest BCUT2D eigenvalue weighted by molar-refractivity contribution is -0.0158. The molecule has 3 heterocycles. The standard InChI is InChI=1S/C27H28F2N4O2/c1-16-14-32(15-30-16)24-8-7-19(11-25(24)34-4)10-20-6-5-9-33-18(3)26(35-31-27(20)33)21-12-22(28)17(2)23(29)13-21/h7-8,10-15,18,26H,5-6,9H2,1-4H3/b20-10+/t18-,26-/m0/s1. The fourth-order valence-corrected chi connectivity index (χ4v) is 4.76. The second-order valence-corrected chi connectivity index (χ2v) is 9.11. The van der Waals surface area contributed by atoms with E-state index in [9.17, 15) is 8.78 Å². The molecule has 0 spiro atoms. The molecule has 2 aliphatic rings. The average Bonchev–Trinajstić information content (AvgIpc) is 3.28. The van der Waals surface area contributed by atoms with Crippen LogP contribution in [-0.2, 0) is 4.84 Å². The summed E-state index contributed by atoms with van der Waals surface area (Å²) < 4.78 is 36.0. The summed E-state index contributed by atoms with van der Waals surface area (Å²) in [7, 11) is 1.65. The molecule has 2 aliphatic heterocycles. The molecule has 0 radical (unpaired) electrons. The van der Waals surface area contributed by atoms with Gasteiger partial charge in [0.15, 0.2) is 11.9 Å². The third-order valence-electron chi connectivity index (χ3n) is 6.75. The molecule has 1 aromatic heterocycles. The number of aryl methyl sites for hydroxylation is 1. The molecule has 0 saturated carbocycles. The smallest absolute Gasteiger partial charge is 0.172 e. The van der Waals surface area contributed by atoms with Gasteiger partial charge in [0.25, 0.3) is 0 Å². The molecular formula is C27H28F2N4O2. The van der Waals surface area contributed by atoms with E-state index in [1.54, 1.807) is 13.4 Å². The Bertz CT molecular complexity index is 1310. The number of nitrogens with zero attached hydrogens (tertiary/aromatic N) is 4. The van der Waals surface area contributed by atoms with Crippen LogP contribution in [0, 0.1) is 25.5 Å². The van der Waals surface area contributed by atoms with Crippen LogP contribution in [0.5, 0.6) is 5.75 Å². The first-order valence-corrected chi connectivity index (χ1v) is 11.7. The van der Waals surface area contributed by atoms with Gasteiger partial charge in [0.05, 0.1) is 30.9 Å². The van der Waals surface area contributed by atoms with E-state index in [0.717, 1.165) is 53.5 Å². The van der Waals surface area contributed by atoms with Gasteiger partial charge in [-0.3, -0.25) is 0 Å². The lowest BCUT2D eigenvalue weighted by Crippen LogP contribution is -2.49. The van der Waals surface area contributed by atoms with Crippen molar-refractivity contribution >= 4 is 11.9 Å². The summed E-state index contributed by atoms with van der Waals surface area (Å²) in [5.41, 5.74) is 4.34. The molecule has 5 rings (SSSR count). The zero-order valence-corrected chi connectivity index (χ0v) is 20.3. The SMILES string of the molecule is COc1cc(/C=C2\CCCN3C2=NO[C@H](c2cc(F)c(C)c(F)c2)[C@@H]3C)ccc1-n1cnc(C)c1. The van der Waals surface area contributed by atoms with Crippen LogP contribution in [-0.4, -0.2) is 40.0 Å². The highest BCUT2D eigenvalue weighted by Gasteiger charge is 2.37. The quantitative estimate of drug-likeness (QED) is 0.481. The molecule has 0 unspecified atom stereocenters. The number of aromatic nitrogens is 2. The number of piperidine rings is 1. The van der Waals surface area contributed by atoms with Crippen molar-refractivity contribution in [1.82, 2.24) is 14.5 Å². The van der Waals surface area contributed by atoms with Gasteiger partial charge in [-0.2, -0.15) is 0 Å². The fraction of sp³-hybridized carbons (Fsp3) is 0.333. The number of methoxy groups -OCH3 is 1. The number of hydrogen-bond acceptors (Lipinski definition) is 5. The van der Waals surface area contributed by atoms with Crippen LogP contribution in [0.25, 0.3) is 11.8 Å². The van der Waals surface area contributed by atoms with E-state index in [0.29, 0.717) is 5.56 Å². The van der Waals surface area contributed by atoms with E-state index in [1.807, 2.05) is 42.8 Å². The van der Waals surface area contributed by atoms with Crippen LogP contribution < -0.4 is 4.74 Å². The van der Waals surface area contributed by atoms with Crippen molar-refractivity contribution in [3.63, 3.8) is 0 Å². The highest BCUT2D eigenvalue weighted by molar-refractivity contribution is 6.03. The Morgan fingerprint density at radius 3 is 2.60 bits per heavy atom. The molecule has 2 atom stereocenters. The third-order valence-corrected chi connectivity index (χ3v) is 6.75. The van der Waals surface area contributed by atoms with E-state index in [1.165, 1.54) is 19.1 Å². The number of imidazole rings is 1. The van der Waals surface area contributed by atoms with Gasteiger partial charge < -0.3 is 19.0 Å². The summed E-state index contributed by atoms with van der Waals surface area (Å²) in [5.74, 6) is 0.352. The minimum absolute atomic E-state index is 0.00853. The van der Waals surface area contributed by atoms with E-state index < -0.39 is 17.7 Å². The van der Waals surface area contributed by atoms with Crippen LogP contribution >= 0.6 is 0 Å². The molecule has 0 bridgehead atoms. The number of oxime groups is 1. The van der Waals surface area contributed by atoms with E-state index in [-0.39, 0.29) is 11.6 Å². The topological polar surface area (TPSA) is 51.9 Å². The van der Waals surface area contributed by atoms with Gasteiger partial charge in [0.1, 0.15) is 17.4 Å². The van der Waals surface area contributed by atoms with Gasteiger partial charge in [0.2, 0.25) is 0 Å². The largest absolute Gasteiger partial charge is 0.495 e. The lowest BCUT2D eigenvalue weighted by atomic mass is 9.94. The van der Waals surface area contributed by atoms with Crippen LogP contribution in [0.2, 0.25) is 0 Å². The number of rotatable bonds is 4. The Balaban J connectivity index is 1.45. The number of ether oxygens (including phenoxy) is 1. The van der Waals surface area contributed by atoms with Gasteiger partial charge in [-0.1, -0.05) is 11.2 Å². The summed E-state index contributed by atoms with van der Waals surface area (Å²) in [6.07, 6.45) is 7.06. The van der Waals surface area contributed by atoms with Gasteiger partial charge in [-0.25, -0.2) is 13.8 Å². The monoisotopic (exact) mass is 478 g/mol. The first-order chi connectivity index (χ1) is 16.9. The predicted octanol–water partition coefficient (Wildman–Crippen LogP) is 5.73. The molecule has 1 saturated heterocycles. The normalized spacial score (nSPS) is 20.9. The Kier molecular flexibility index (Phi) is 6.05. The van der Waals surface area contributed by atoms with Crippen molar-refractivity contribution in [2.24, 2.45) is 5.16 Å². The molecule has 0 N–H and O–H groups in total. The maximum atomic E-state index is 14.2. The number of halogens is 2. The second-order valence-electron chi connectivity index (χ2n) is 9.11. The fourth-order valence-electron chi connectivity index (χ4n) is 4.76. The zero-order chi connectivity index (χ0) is 24.7. The molecule has 0 amide bonds. The summed E-state index contributed by atoms with van der Waals surface area (Å²) in [4.78, 5) is 12.3. The molecule has 6 nitrogen and oxygen atoms in total. The molecule has 182 valence electrons. The first kappa shape index (κ1) is 23.1. The van der Waals surface area contributed by atoms with Crippen molar-refractivity contribution in [2.75, 3.05) is 13.7 Å². The highest BCUT2D eigenvalue weighted by Crippen LogP contribution is 2.36. The van der Waals surface area contributed by atoms with Gasteiger partial charge in [-0.15, -0.1) is 0 Å².